The van der Waals surface area contributed by atoms with Crippen molar-refractivity contribution < 1.29 is 19.6 Å². The van der Waals surface area contributed by atoms with Crippen LogP contribution < -0.4 is 5.32 Å². The van der Waals surface area contributed by atoms with Crippen molar-refractivity contribution in [1.82, 2.24) is 0 Å². The van der Waals surface area contributed by atoms with Crippen LogP contribution in [0.15, 0.2) is 46.9 Å². The lowest BCUT2D eigenvalue weighted by molar-refractivity contribution is -0.384. The monoisotopic (exact) mass is 424 g/mol. The number of nitro groups is 1. The number of benzene rings is 2. The third-order valence-corrected chi connectivity index (χ3v) is 4.63. The van der Waals surface area contributed by atoms with Crippen LogP contribution >= 0.6 is 27.7 Å². The van der Waals surface area contributed by atoms with Crippen LogP contribution in [0.3, 0.4) is 0 Å². The first-order chi connectivity index (χ1) is 11.9. The molecular formula is C16H13BrN2O5S. The number of carboxylic acid groups (broad SMARTS) is 1. The van der Waals surface area contributed by atoms with E-state index in [1.807, 2.05) is 0 Å². The zero-order chi connectivity index (χ0) is 18.4. The minimum Gasteiger partial charge on any atom is -0.478 e. The minimum atomic E-state index is -1.13. The predicted molar refractivity (Wildman–Crippen MR) is 99.0 cm³/mol. The zero-order valence-electron chi connectivity index (χ0n) is 12.8. The standard InChI is InChI=1S/C16H13BrN2O5S/c17-11-3-6-14(13(7-11)16(21)22)18-15(20)9-25-8-10-1-4-12(5-2-10)19(23)24/h1-7H,8-9H2,(H,18,20)(H,21,22). The Hall–Kier alpha value is -2.39. The van der Waals surface area contributed by atoms with Crippen molar-refractivity contribution in [2.45, 2.75) is 5.75 Å². The van der Waals surface area contributed by atoms with E-state index < -0.39 is 10.9 Å². The van der Waals surface area contributed by atoms with Crippen LogP contribution in [0.25, 0.3) is 0 Å². The van der Waals surface area contributed by atoms with Gasteiger partial charge in [-0.15, -0.1) is 11.8 Å². The molecule has 0 aliphatic carbocycles. The van der Waals surface area contributed by atoms with Gasteiger partial charge in [-0.3, -0.25) is 14.9 Å². The number of nitro benzene ring substituents is 1. The van der Waals surface area contributed by atoms with Gasteiger partial charge >= 0.3 is 5.97 Å². The number of hydrogen-bond acceptors (Lipinski definition) is 5. The van der Waals surface area contributed by atoms with Crippen LogP contribution in [-0.4, -0.2) is 27.7 Å². The van der Waals surface area contributed by atoms with Gasteiger partial charge in [0.15, 0.2) is 0 Å². The maximum Gasteiger partial charge on any atom is 0.337 e. The van der Waals surface area contributed by atoms with Gasteiger partial charge < -0.3 is 10.4 Å². The highest BCUT2D eigenvalue weighted by Crippen LogP contribution is 2.22. The van der Waals surface area contributed by atoms with Crippen LogP contribution in [0.1, 0.15) is 15.9 Å². The van der Waals surface area contributed by atoms with E-state index >= 15 is 0 Å². The van der Waals surface area contributed by atoms with Gasteiger partial charge in [0, 0.05) is 22.4 Å². The second-order valence-electron chi connectivity index (χ2n) is 4.96. The van der Waals surface area contributed by atoms with E-state index in [1.165, 1.54) is 36.0 Å². The first kappa shape index (κ1) is 18.9. The molecule has 0 saturated heterocycles. The Morgan fingerprint density at radius 3 is 2.48 bits per heavy atom. The lowest BCUT2D eigenvalue weighted by atomic mass is 10.2. The second kappa shape index (κ2) is 8.63. The van der Waals surface area contributed by atoms with E-state index in [0.29, 0.717) is 10.2 Å². The molecule has 130 valence electrons. The Kier molecular flexibility index (Phi) is 6.54. The Balaban J connectivity index is 1.89. The molecule has 25 heavy (non-hydrogen) atoms. The SMILES string of the molecule is O=C(CSCc1ccc([N+](=O)[O-])cc1)Nc1ccc(Br)cc1C(=O)O. The summed E-state index contributed by atoms with van der Waals surface area (Å²) >= 11 is 4.52. The molecule has 1 amide bonds. The lowest BCUT2D eigenvalue weighted by Gasteiger charge is -2.09. The molecule has 0 aliphatic rings. The molecule has 2 aromatic rings. The summed E-state index contributed by atoms with van der Waals surface area (Å²) in [7, 11) is 0. The Morgan fingerprint density at radius 2 is 1.88 bits per heavy atom. The van der Waals surface area contributed by atoms with Gasteiger partial charge in [0.1, 0.15) is 0 Å². The van der Waals surface area contributed by atoms with Gasteiger partial charge in [0.05, 0.1) is 21.9 Å². The van der Waals surface area contributed by atoms with Crippen LogP contribution in [-0.2, 0) is 10.5 Å². The van der Waals surface area contributed by atoms with E-state index in [2.05, 4.69) is 21.2 Å². The Morgan fingerprint density at radius 1 is 1.20 bits per heavy atom. The van der Waals surface area contributed by atoms with Crippen molar-refractivity contribution in [1.29, 1.82) is 0 Å². The number of aromatic carboxylic acids is 1. The van der Waals surface area contributed by atoms with Gasteiger partial charge in [-0.05, 0) is 23.8 Å². The maximum absolute atomic E-state index is 12.0. The van der Waals surface area contributed by atoms with Crippen molar-refractivity contribution >= 4 is 50.9 Å². The number of rotatable bonds is 7. The zero-order valence-corrected chi connectivity index (χ0v) is 15.2. The summed E-state index contributed by atoms with van der Waals surface area (Å²) in [4.78, 5) is 33.3. The van der Waals surface area contributed by atoms with Gasteiger partial charge in [-0.25, -0.2) is 4.79 Å². The van der Waals surface area contributed by atoms with E-state index in [0.717, 1.165) is 5.56 Å². The van der Waals surface area contributed by atoms with Gasteiger partial charge in [-0.1, -0.05) is 28.1 Å². The highest BCUT2D eigenvalue weighted by atomic mass is 79.9. The van der Waals surface area contributed by atoms with Gasteiger partial charge in [-0.2, -0.15) is 0 Å². The number of amides is 1. The molecule has 2 N–H and O–H groups in total. The molecular weight excluding hydrogens is 412 g/mol. The minimum absolute atomic E-state index is 0.00286. The van der Waals surface area contributed by atoms with E-state index in [-0.39, 0.29) is 28.6 Å². The molecule has 0 unspecified atom stereocenters. The number of non-ortho nitro benzene ring substituents is 1. The quantitative estimate of drug-likeness (QED) is 0.514. The molecule has 0 bridgehead atoms. The average molecular weight is 425 g/mol. The third-order valence-electron chi connectivity index (χ3n) is 3.14. The first-order valence-corrected chi connectivity index (χ1v) is 8.95. The fourth-order valence-corrected chi connectivity index (χ4v) is 3.11. The molecule has 0 spiro atoms. The number of carbonyl (C=O) groups is 2. The molecule has 0 aliphatic heterocycles. The number of carboxylic acids is 1. The molecule has 7 nitrogen and oxygen atoms in total. The number of hydrogen-bond donors (Lipinski definition) is 2. The van der Waals surface area contributed by atoms with E-state index in [9.17, 15) is 19.7 Å². The smallest absolute Gasteiger partial charge is 0.337 e. The highest BCUT2D eigenvalue weighted by molar-refractivity contribution is 9.10. The predicted octanol–water partition coefficient (Wildman–Crippen LogP) is 3.93. The Labute approximate surface area is 155 Å². The summed E-state index contributed by atoms with van der Waals surface area (Å²) in [5.41, 5.74) is 1.11. The maximum atomic E-state index is 12.0. The number of thioether (sulfide) groups is 1. The van der Waals surface area contributed by atoms with Gasteiger partial charge in [0.2, 0.25) is 5.91 Å². The summed E-state index contributed by atoms with van der Waals surface area (Å²) in [5, 5.41) is 22.3. The molecule has 0 saturated carbocycles. The Bertz CT molecular complexity index is 811. The molecule has 0 aromatic heterocycles. The molecule has 0 atom stereocenters. The number of halogens is 1. The van der Waals surface area contributed by atoms with Crippen molar-refractivity contribution in [2.24, 2.45) is 0 Å². The molecule has 0 heterocycles. The molecule has 2 rings (SSSR count). The summed E-state index contributed by atoms with van der Waals surface area (Å²) in [5.74, 6) is -0.809. The summed E-state index contributed by atoms with van der Waals surface area (Å²) in [6.07, 6.45) is 0. The number of anilines is 1. The molecule has 9 heteroatoms. The largest absolute Gasteiger partial charge is 0.478 e. The van der Waals surface area contributed by atoms with Crippen LogP contribution in [0.4, 0.5) is 11.4 Å². The highest BCUT2D eigenvalue weighted by Gasteiger charge is 2.13. The van der Waals surface area contributed by atoms with Gasteiger partial charge in [0.25, 0.3) is 5.69 Å². The summed E-state index contributed by atoms with van der Waals surface area (Å²) in [6.45, 7) is 0. The van der Waals surface area contributed by atoms with Crippen molar-refractivity contribution in [3.05, 3.63) is 68.2 Å². The number of nitrogens with zero attached hydrogens (tertiary/aromatic N) is 1. The number of carbonyl (C=O) groups excluding carboxylic acids is 1. The van der Waals surface area contributed by atoms with E-state index in [1.54, 1.807) is 18.2 Å². The number of nitrogens with one attached hydrogen (secondary N) is 1. The van der Waals surface area contributed by atoms with Crippen LogP contribution in [0.5, 0.6) is 0 Å². The van der Waals surface area contributed by atoms with Crippen LogP contribution in [0.2, 0.25) is 0 Å². The summed E-state index contributed by atoms with van der Waals surface area (Å²) < 4.78 is 0.607. The first-order valence-electron chi connectivity index (χ1n) is 7.00. The third kappa shape index (κ3) is 5.57. The topological polar surface area (TPSA) is 110 Å². The average Bonchev–Trinajstić information content (AvgIpc) is 2.56. The van der Waals surface area contributed by atoms with Crippen LogP contribution in [0, 0.1) is 10.1 Å². The van der Waals surface area contributed by atoms with Crippen molar-refractivity contribution in [3.8, 4) is 0 Å². The van der Waals surface area contributed by atoms with Crippen molar-refractivity contribution in [2.75, 3.05) is 11.1 Å². The normalized spacial score (nSPS) is 10.3. The lowest BCUT2D eigenvalue weighted by Crippen LogP contribution is -2.16. The fourth-order valence-electron chi connectivity index (χ4n) is 1.96. The van der Waals surface area contributed by atoms with Crippen molar-refractivity contribution in [3.63, 3.8) is 0 Å². The molecule has 0 fully saturated rings. The molecule has 2 aromatic carbocycles. The summed E-state index contributed by atoms with van der Waals surface area (Å²) in [6, 6.07) is 10.7. The fraction of sp³-hybridized carbons (Fsp3) is 0.125. The van der Waals surface area contributed by atoms with E-state index in [4.69, 9.17) is 5.11 Å². The molecule has 0 radical (unpaired) electrons. The second-order valence-corrected chi connectivity index (χ2v) is 6.86.